The molecule has 0 radical (unpaired) electrons. The molecule has 15 nitrogen and oxygen atoms in total. The van der Waals surface area contributed by atoms with E-state index in [1.807, 2.05) is 12.1 Å². The van der Waals surface area contributed by atoms with Crippen LogP contribution in [0.4, 0.5) is 17.2 Å². The van der Waals surface area contributed by atoms with E-state index in [1.54, 1.807) is 24.4 Å². The van der Waals surface area contributed by atoms with Crippen LogP contribution in [0, 0.1) is 26.9 Å². The van der Waals surface area contributed by atoms with Gasteiger partial charge >= 0.3 is 5.69 Å². The highest BCUT2D eigenvalue weighted by molar-refractivity contribution is 7.90. The van der Waals surface area contributed by atoms with Gasteiger partial charge in [-0.2, -0.15) is 0 Å². The number of nitro groups is 1. The van der Waals surface area contributed by atoms with Crippen LogP contribution in [-0.2, 0) is 14.8 Å². The van der Waals surface area contributed by atoms with Gasteiger partial charge in [0.25, 0.3) is 15.9 Å². The lowest BCUT2D eigenvalue weighted by molar-refractivity contribution is -0.384. The summed E-state index contributed by atoms with van der Waals surface area (Å²) in [5.41, 5.74) is 4.30. The lowest BCUT2D eigenvalue weighted by Gasteiger charge is -2.57. The highest BCUT2D eigenvalue weighted by Crippen LogP contribution is 2.53. The number of aromatic nitrogens is 3. The minimum Gasteiger partial charge on any atom is -0.455 e. The Morgan fingerprint density at radius 2 is 1.77 bits per heavy atom. The zero-order chi connectivity index (χ0) is 45.5. The van der Waals surface area contributed by atoms with E-state index < -0.39 is 31.4 Å². The van der Waals surface area contributed by atoms with Gasteiger partial charge in [0.05, 0.1) is 42.1 Å². The zero-order valence-electron chi connectivity index (χ0n) is 37.7. The van der Waals surface area contributed by atoms with Crippen LogP contribution in [0.5, 0.6) is 11.5 Å². The molecule has 5 heterocycles. The Hall–Kier alpha value is -5.58. The van der Waals surface area contributed by atoms with Gasteiger partial charge in [-0.3, -0.25) is 19.8 Å². The number of benzene rings is 2. The number of morpholine rings is 1. The molecule has 344 valence electrons. The second kappa shape index (κ2) is 18.0. The number of pyridine rings is 2. The van der Waals surface area contributed by atoms with E-state index in [4.69, 9.17) is 9.47 Å². The number of carbonyl (C=O) groups is 1. The topological polar surface area (TPSA) is 185 Å². The van der Waals surface area contributed by atoms with Crippen molar-refractivity contribution >= 4 is 44.2 Å². The number of amides is 1. The van der Waals surface area contributed by atoms with Crippen LogP contribution < -0.4 is 19.7 Å². The SMILES string of the molecule is CC(C)c1ccccc1[C@@H]1COCCN1C1CC2(CCN(c3ccc(C(=O)NS(=O)(=O)c4cnc(NCC5CCC(C)(C)CC5)c([N+](=O)[O-])c4)c(Oc4cnc5[nH]ccc5c4)c3)CC2)C1. The number of anilines is 2. The molecule has 1 amide bonds. The second-order valence-corrected chi connectivity index (χ2v) is 21.4. The van der Waals surface area contributed by atoms with Crippen molar-refractivity contribution in [1.29, 1.82) is 0 Å². The van der Waals surface area contributed by atoms with E-state index in [0.717, 1.165) is 101 Å². The van der Waals surface area contributed by atoms with Crippen molar-refractivity contribution in [3.05, 3.63) is 106 Å². The molecule has 5 aromatic rings. The third kappa shape index (κ3) is 9.57. The van der Waals surface area contributed by atoms with Gasteiger partial charge in [-0.25, -0.2) is 23.1 Å². The van der Waals surface area contributed by atoms with E-state index in [9.17, 15) is 23.3 Å². The molecule has 0 unspecified atom stereocenters. The fourth-order valence-electron chi connectivity index (χ4n) is 10.6. The molecule has 4 fully saturated rings. The molecular formula is C49H60N8O7S. The number of fused-ring (bicyclic) bond motifs is 1. The summed E-state index contributed by atoms with van der Waals surface area (Å²) >= 11 is 0. The van der Waals surface area contributed by atoms with Gasteiger partial charge in [-0.1, -0.05) is 52.0 Å². The summed E-state index contributed by atoms with van der Waals surface area (Å²) in [6, 6.07) is 19.3. The van der Waals surface area contributed by atoms with Crippen molar-refractivity contribution < 1.29 is 27.6 Å². The summed E-state index contributed by atoms with van der Waals surface area (Å²) in [7, 11) is -4.61. The molecule has 4 aliphatic rings. The van der Waals surface area contributed by atoms with Crippen LogP contribution in [0.25, 0.3) is 11.0 Å². The number of nitrogens with one attached hydrogen (secondary N) is 3. The molecule has 2 aromatic carbocycles. The molecule has 2 saturated heterocycles. The minimum absolute atomic E-state index is 0.0147. The Balaban J connectivity index is 0.898. The first kappa shape index (κ1) is 44.6. The Bertz CT molecular complexity index is 2660. The number of carbonyl (C=O) groups excluding carboxylic acids is 1. The summed E-state index contributed by atoms with van der Waals surface area (Å²) in [4.78, 5) is 41.6. The van der Waals surface area contributed by atoms with Crippen LogP contribution in [-0.4, -0.2) is 84.5 Å². The van der Waals surface area contributed by atoms with Gasteiger partial charge in [-0.15, -0.1) is 0 Å². The average molecular weight is 905 g/mol. The molecule has 1 atom stereocenters. The normalized spacial score (nSPS) is 20.4. The summed E-state index contributed by atoms with van der Waals surface area (Å²) in [5, 5.41) is 16.0. The van der Waals surface area contributed by atoms with Gasteiger partial charge < -0.3 is 24.7 Å². The summed E-state index contributed by atoms with van der Waals surface area (Å²) in [6.45, 7) is 13.5. The second-order valence-electron chi connectivity index (χ2n) is 19.7. The Morgan fingerprint density at radius 3 is 2.52 bits per heavy atom. The fourth-order valence-corrected chi connectivity index (χ4v) is 11.5. The van der Waals surface area contributed by atoms with Gasteiger partial charge in [0, 0.05) is 61.6 Å². The van der Waals surface area contributed by atoms with Gasteiger partial charge in [0.1, 0.15) is 22.0 Å². The average Bonchev–Trinajstić information content (AvgIpc) is 3.76. The van der Waals surface area contributed by atoms with E-state index in [0.29, 0.717) is 42.4 Å². The molecule has 2 aliphatic carbocycles. The van der Waals surface area contributed by atoms with E-state index >= 15 is 0 Å². The number of aromatic amines is 1. The molecule has 9 rings (SSSR count). The lowest BCUT2D eigenvalue weighted by atomic mass is 9.59. The first-order valence-electron chi connectivity index (χ1n) is 23.0. The van der Waals surface area contributed by atoms with Crippen LogP contribution in [0.15, 0.2) is 84.1 Å². The van der Waals surface area contributed by atoms with Crippen molar-refractivity contribution in [3.63, 3.8) is 0 Å². The molecule has 3 N–H and O–H groups in total. The quantitative estimate of drug-likeness (QED) is 0.0753. The molecule has 16 heteroatoms. The maximum atomic E-state index is 14.0. The zero-order valence-corrected chi connectivity index (χ0v) is 38.5. The van der Waals surface area contributed by atoms with Crippen molar-refractivity contribution in [2.24, 2.45) is 16.7 Å². The number of sulfonamides is 1. The van der Waals surface area contributed by atoms with Gasteiger partial charge in [-0.05, 0) is 109 Å². The van der Waals surface area contributed by atoms with E-state index in [-0.39, 0.29) is 34.0 Å². The number of nitrogens with zero attached hydrogens (tertiary/aromatic N) is 5. The summed E-state index contributed by atoms with van der Waals surface area (Å²) < 4.78 is 42.0. The van der Waals surface area contributed by atoms with Crippen molar-refractivity contribution in [2.45, 2.75) is 102 Å². The summed E-state index contributed by atoms with van der Waals surface area (Å²) in [6.07, 6.45) is 12.8. The standard InChI is InChI=1S/C49H60N8O7S/c1-32(2)39-7-5-6-8-40(39)43-31-63-22-21-56(43)36-26-49(27-36)16-19-55(20-17-49)35-9-10-41(44(24-35)64-37-23-34-13-18-50-45(34)52-29-37)47(58)54-65(61,62)38-25-42(57(59)60)46(53-30-38)51-28-33-11-14-48(3,4)15-12-33/h5-10,13,18,23-25,29-30,32-33,36,43H,11-12,14-17,19-22,26-28,31H2,1-4H3,(H,50,52)(H,51,53)(H,54,58)/t43-/m0/s1. The third-order valence-corrected chi connectivity index (χ3v) is 15.8. The molecule has 2 saturated carbocycles. The highest BCUT2D eigenvalue weighted by atomic mass is 32.2. The Labute approximate surface area is 380 Å². The largest absolute Gasteiger partial charge is 0.455 e. The van der Waals surface area contributed by atoms with E-state index in [2.05, 4.69) is 86.8 Å². The lowest BCUT2D eigenvalue weighted by Crippen LogP contribution is -2.58. The number of ether oxygens (including phenoxy) is 2. The summed E-state index contributed by atoms with van der Waals surface area (Å²) in [5.74, 6) is 0.298. The molecule has 0 bridgehead atoms. The number of rotatable bonds is 13. The molecule has 1 spiro atoms. The first-order chi connectivity index (χ1) is 31.2. The maximum Gasteiger partial charge on any atom is 0.312 e. The molecular weight excluding hydrogens is 845 g/mol. The van der Waals surface area contributed by atoms with Gasteiger partial charge in [0.2, 0.25) is 5.82 Å². The smallest absolute Gasteiger partial charge is 0.312 e. The molecule has 3 aromatic heterocycles. The predicted molar refractivity (Wildman–Crippen MR) is 250 cm³/mol. The van der Waals surface area contributed by atoms with Crippen molar-refractivity contribution in [1.82, 2.24) is 24.6 Å². The monoisotopic (exact) mass is 904 g/mol. The number of H-pyrrole nitrogens is 1. The number of hydrogen-bond acceptors (Lipinski definition) is 12. The first-order valence-corrected chi connectivity index (χ1v) is 24.5. The Kier molecular flexibility index (Phi) is 12.4. The highest BCUT2D eigenvalue weighted by Gasteiger charge is 2.49. The van der Waals surface area contributed by atoms with Crippen LogP contribution in [0.2, 0.25) is 0 Å². The molecule has 2 aliphatic heterocycles. The Morgan fingerprint density at radius 1 is 1.00 bits per heavy atom. The van der Waals surface area contributed by atoms with Gasteiger partial charge in [0.15, 0.2) is 0 Å². The number of hydrogen-bond donors (Lipinski definition) is 3. The number of piperidine rings is 1. The van der Waals surface area contributed by atoms with Crippen molar-refractivity contribution in [3.8, 4) is 11.5 Å². The third-order valence-electron chi connectivity index (χ3n) is 14.5. The van der Waals surface area contributed by atoms with Crippen LogP contribution in [0.1, 0.15) is 113 Å². The van der Waals surface area contributed by atoms with Crippen LogP contribution in [0.3, 0.4) is 0 Å². The molecule has 65 heavy (non-hydrogen) atoms. The van der Waals surface area contributed by atoms with Crippen molar-refractivity contribution in [2.75, 3.05) is 49.6 Å². The fraction of sp³-hybridized carbons (Fsp3) is 0.490. The maximum absolute atomic E-state index is 14.0. The predicted octanol–water partition coefficient (Wildman–Crippen LogP) is 9.35. The van der Waals surface area contributed by atoms with Crippen LogP contribution >= 0.6 is 0 Å². The van der Waals surface area contributed by atoms with E-state index in [1.165, 1.54) is 17.3 Å². The minimum atomic E-state index is -4.61.